The van der Waals surface area contributed by atoms with Gasteiger partial charge in [0.25, 0.3) is 5.69 Å². The molecule has 13 nitrogen and oxygen atoms in total. The minimum absolute atomic E-state index is 0.0368. The number of nitrogens with one attached hydrogen (secondary N) is 2. The van der Waals surface area contributed by atoms with Crippen LogP contribution in [0.1, 0.15) is 63.1 Å². The molecule has 1 aromatic heterocycles. The van der Waals surface area contributed by atoms with Crippen LogP contribution in [0.5, 0.6) is 5.75 Å². The Morgan fingerprint density at radius 2 is 1.87 bits per heavy atom. The molecular weight excluding hydrogens is 649 g/mol. The second-order valence-corrected chi connectivity index (χ2v) is 13.3. The zero-order valence-electron chi connectivity index (χ0n) is 26.8. The van der Waals surface area contributed by atoms with E-state index in [1.165, 1.54) is 29.0 Å². The van der Waals surface area contributed by atoms with E-state index >= 15 is 0 Å². The van der Waals surface area contributed by atoms with Gasteiger partial charge < -0.3 is 20.1 Å². The van der Waals surface area contributed by atoms with Crippen molar-refractivity contribution in [2.75, 3.05) is 22.2 Å². The van der Waals surface area contributed by atoms with Gasteiger partial charge in [0.2, 0.25) is 5.95 Å². The van der Waals surface area contributed by atoms with Crippen LogP contribution in [0.25, 0.3) is 0 Å². The van der Waals surface area contributed by atoms with Gasteiger partial charge in [0.15, 0.2) is 0 Å². The number of urea groups is 1. The molecule has 15 heteroatoms. The Morgan fingerprint density at radius 3 is 2.55 bits per heavy atom. The second kappa shape index (κ2) is 13.8. The van der Waals surface area contributed by atoms with Crippen molar-refractivity contribution >= 4 is 58.5 Å². The number of rotatable bonds is 8. The molecule has 1 saturated carbocycles. The highest BCUT2D eigenvalue weighted by atomic mass is 35.5. The summed E-state index contributed by atoms with van der Waals surface area (Å²) < 4.78 is 10.9. The number of nitro groups is 1. The van der Waals surface area contributed by atoms with E-state index < -0.39 is 22.6 Å². The first-order valence-electron chi connectivity index (χ1n) is 15.2. The molecule has 0 bridgehead atoms. The zero-order chi connectivity index (χ0) is 34.0. The molecule has 0 radical (unpaired) electrons. The Balaban J connectivity index is 1.51. The van der Waals surface area contributed by atoms with Crippen LogP contribution >= 0.6 is 23.2 Å². The molecule has 2 heterocycles. The SMILES string of the molecule is COc1cc(C)c(Cl)c(N2Cc3cnc(NC4CCCCC4NC(=O)OC(C)(C)C)nc3N(Cc3cccc([N+](=O)[O-])c3)C2=O)c1Cl. The number of ether oxygens (including phenoxy) is 2. The third-order valence-electron chi connectivity index (χ3n) is 7.95. The van der Waals surface area contributed by atoms with Crippen molar-refractivity contribution < 1.29 is 24.0 Å². The number of aromatic nitrogens is 2. The lowest BCUT2D eigenvalue weighted by molar-refractivity contribution is -0.384. The quantitative estimate of drug-likeness (QED) is 0.182. The number of nitrogens with zero attached hydrogens (tertiary/aromatic N) is 5. The first kappa shape index (κ1) is 34.0. The fraction of sp³-hybridized carbons (Fsp3) is 0.438. The summed E-state index contributed by atoms with van der Waals surface area (Å²) in [6.07, 6.45) is 4.52. The second-order valence-electron chi connectivity index (χ2n) is 12.6. The highest BCUT2D eigenvalue weighted by molar-refractivity contribution is 6.41. The van der Waals surface area contributed by atoms with Gasteiger partial charge in [-0.15, -0.1) is 0 Å². The summed E-state index contributed by atoms with van der Waals surface area (Å²) in [5, 5.41) is 18.3. The predicted molar refractivity (Wildman–Crippen MR) is 180 cm³/mol. The number of hydrogen-bond donors (Lipinski definition) is 2. The minimum Gasteiger partial charge on any atom is -0.495 e. The topological polar surface area (TPSA) is 152 Å². The maximum Gasteiger partial charge on any atom is 0.407 e. The van der Waals surface area contributed by atoms with Gasteiger partial charge in [-0.1, -0.05) is 48.2 Å². The largest absolute Gasteiger partial charge is 0.495 e. The average Bonchev–Trinajstić information content (AvgIpc) is 3.01. The summed E-state index contributed by atoms with van der Waals surface area (Å²) >= 11 is 13.4. The Labute approximate surface area is 282 Å². The highest BCUT2D eigenvalue weighted by Crippen LogP contribution is 2.45. The molecule has 1 aliphatic carbocycles. The molecule has 250 valence electrons. The third kappa shape index (κ3) is 7.62. The number of nitro benzene ring substituents is 1. The molecule has 3 amide bonds. The van der Waals surface area contributed by atoms with E-state index in [0.29, 0.717) is 28.3 Å². The molecule has 1 aliphatic heterocycles. The number of anilines is 3. The maximum atomic E-state index is 14.3. The van der Waals surface area contributed by atoms with Gasteiger partial charge >= 0.3 is 12.1 Å². The third-order valence-corrected chi connectivity index (χ3v) is 8.79. The number of methoxy groups -OCH3 is 1. The Morgan fingerprint density at radius 1 is 1.15 bits per heavy atom. The van der Waals surface area contributed by atoms with Crippen molar-refractivity contribution in [1.82, 2.24) is 15.3 Å². The number of carbonyl (C=O) groups is 2. The van der Waals surface area contributed by atoms with Crippen molar-refractivity contribution in [2.24, 2.45) is 0 Å². The number of aryl methyl sites for hydroxylation is 1. The van der Waals surface area contributed by atoms with E-state index in [-0.39, 0.29) is 52.5 Å². The molecule has 47 heavy (non-hydrogen) atoms. The Hall–Kier alpha value is -4.36. The number of carbonyl (C=O) groups excluding carboxylic acids is 2. The number of non-ortho nitro benzene ring substituents is 1. The Kier molecular flexibility index (Phi) is 9.97. The summed E-state index contributed by atoms with van der Waals surface area (Å²) in [4.78, 5) is 50.1. The lowest BCUT2D eigenvalue weighted by atomic mass is 9.90. The van der Waals surface area contributed by atoms with Gasteiger partial charge in [-0.25, -0.2) is 14.6 Å². The molecule has 3 aromatic rings. The van der Waals surface area contributed by atoms with Gasteiger partial charge in [0, 0.05) is 29.9 Å². The van der Waals surface area contributed by atoms with Gasteiger partial charge in [-0.3, -0.25) is 19.9 Å². The summed E-state index contributed by atoms with van der Waals surface area (Å²) in [6, 6.07) is 6.84. The fourth-order valence-corrected chi connectivity index (χ4v) is 6.39. The molecule has 0 spiro atoms. The van der Waals surface area contributed by atoms with Crippen LogP contribution in [0.15, 0.2) is 36.5 Å². The van der Waals surface area contributed by atoms with Crippen LogP contribution in [0, 0.1) is 17.0 Å². The van der Waals surface area contributed by atoms with E-state index in [9.17, 15) is 19.7 Å². The molecule has 2 unspecified atom stereocenters. The molecule has 1 fully saturated rings. The van der Waals surface area contributed by atoms with Crippen LogP contribution in [-0.2, 0) is 17.8 Å². The van der Waals surface area contributed by atoms with Crippen molar-refractivity contribution in [1.29, 1.82) is 0 Å². The van der Waals surface area contributed by atoms with E-state index in [1.807, 2.05) is 20.8 Å². The number of fused-ring (bicyclic) bond motifs is 1. The summed E-state index contributed by atoms with van der Waals surface area (Å²) in [5.74, 6) is 0.949. The van der Waals surface area contributed by atoms with Crippen LogP contribution in [0.4, 0.5) is 32.7 Å². The molecule has 2 aromatic carbocycles. The summed E-state index contributed by atoms with van der Waals surface area (Å²) in [7, 11) is 1.47. The average molecular weight is 687 g/mol. The van der Waals surface area contributed by atoms with Crippen LogP contribution in [-0.4, -0.2) is 51.8 Å². The number of amides is 3. The van der Waals surface area contributed by atoms with Crippen molar-refractivity contribution in [3.8, 4) is 5.75 Å². The number of benzene rings is 2. The standard InChI is InChI=1S/C32H37Cl2N7O6/c1-18-13-24(46-5)26(34)27(25(18)33)39-17-20-15-35-29(36-22-11-6-7-12-23(22)37-30(42)47-32(2,3)4)38-28(20)40(31(39)43)16-19-9-8-10-21(14-19)41(44)45/h8-10,13-15,22-23H,6-7,11-12,16-17H2,1-5H3,(H,37,42)(H,35,36,38). The molecular formula is C32H37Cl2N7O6. The summed E-state index contributed by atoms with van der Waals surface area (Å²) in [6.45, 7) is 7.23. The molecule has 0 saturated heterocycles. The number of alkyl carbamates (subject to hydrolysis) is 1. The van der Waals surface area contributed by atoms with E-state index in [1.54, 1.807) is 31.3 Å². The molecule has 5 rings (SSSR count). The normalized spacial score (nSPS) is 18.0. The van der Waals surface area contributed by atoms with Crippen LogP contribution < -0.4 is 25.2 Å². The Bertz CT molecular complexity index is 1700. The van der Waals surface area contributed by atoms with Crippen molar-refractivity contribution in [3.05, 3.63) is 73.4 Å². The number of halogens is 2. The molecule has 2 atom stereocenters. The highest BCUT2D eigenvalue weighted by Gasteiger charge is 2.37. The number of hydrogen-bond acceptors (Lipinski definition) is 9. The summed E-state index contributed by atoms with van der Waals surface area (Å²) in [5.41, 5.74) is 1.30. The van der Waals surface area contributed by atoms with Crippen molar-refractivity contribution in [3.63, 3.8) is 0 Å². The monoisotopic (exact) mass is 685 g/mol. The zero-order valence-corrected chi connectivity index (χ0v) is 28.3. The van der Waals surface area contributed by atoms with E-state index in [0.717, 1.165) is 25.7 Å². The predicted octanol–water partition coefficient (Wildman–Crippen LogP) is 7.40. The van der Waals surface area contributed by atoms with Crippen LogP contribution in [0.2, 0.25) is 10.0 Å². The fourth-order valence-electron chi connectivity index (χ4n) is 5.76. The van der Waals surface area contributed by atoms with Crippen molar-refractivity contribution in [2.45, 2.75) is 84.2 Å². The first-order valence-corrected chi connectivity index (χ1v) is 16.0. The smallest absolute Gasteiger partial charge is 0.407 e. The van der Waals surface area contributed by atoms with Gasteiger partial charge in [0.1, 0.15) is 22.2 Å². The molecule has 2 aliphatic rings. The van der Waals surface area contributed by atoms with E-state index in [2.05, 4.69) is 15.6 Å². The lowest BCUT2D eigenvalue weighted by Gasteiger charge is -2.37. The lowest BCUT2D eigenvalue weighted by Crippen LogP contribution is -2.50. The first-order chi connectivity index (χ1) is 22.3. The minimum atomic E-state index is -0.635. The molecule has 2 N–H and O–H groups in total. The van der Waals surface area contributed by atoms with Gasteiger partial charge in [0.05, 0.1) is 41.9 Å². The maximum absolute atomic E-state index is 14.3. The van der Waals surface area contributed by atoms with Gasteiger partial charge in [-0.2, -0.15) is 4.98 Å². The van der Waals surface area contributed by atoms with Gasteiger partial charge in [-0.05, 0) is 57.7 Å². The van der Waals surface area contributed by atoms with E-state index in [4.69, 9.17) is 37.7 Å². The van der Waals surface area contributed by atoms with Crippen LogP contribution in [0.3, 0.4) is 0 Å².